The molecule has 2 rings (SSSR count). The first-order valence-corrected chi connectivity index (χ1v) is 6.40. The molecule has 1 atom stereocenters. The van der Waals surface area contributed by atoms with Crippen LogP contribution in [0.3, 0.4) is 0 Å². The molecule has 1 amide bonds. The van der Waals surface area contributed by atoms with Crippen LogP contribution in [0.15, 0.2) is 18.2 Å². The highest BCUT2D eigenvalue weighted by molar-refractivity contribution is 5.79. The van der Waals surface area contributed by atoms with Crippen molar-refractivity contribution in [2.24, 2.45) is 5.92 Å². The summed E-state index contributed by atoms with van der Waals surface area (Å²) in [6.07, 6.45) is 1.67. The number of hydrogen-bond acceptors (Lipinski definition) is 2. The Labute approximate surface area is 107 Å². The zero-order chi connectivity index (χ0) is 13.0. The average molecular weight is 250 g/mol. The lowest BCUT2D eigenvalue weighted by Crippen LogP contribution is -2.33. The summed E-state index contributed by atoms with van der Waals surface area (Å²) in [6.45, 7) is 4.21. The summed E-state index contributed by atoms with van der Waals surface area (Å²) in [5, 5.41) is 6.12. The number of hydrogen-bond donors (Lipinski definition) is 2. The van der Waals surface area contributed by atoms with Gasteiger partial charge < -0.3 is 10.6 Å². The molecule has 2 N–H and O–H groups in total. The predicted molar refractivity (Wildman–Crippen MR) is 68.8 cm³/mol. The van der Waals surface area contributed by atoms with Gasteiger partial charge in [0.05, 0.1) is 5.92 Å². The van der Waals surface area contributed by atoms with Crippen LogP contribution >= 0.6 is 0 Å². The van der Waals surface area contributed by atoms with E-state index in [1.807, 2.05) is 6.92 Å². The number of amides is 1. The Bertz CT molecular complexity index is 428. The van der Waals surface area contributed by atoms with Gasteiger partial charge in [-0.05, 0) is 49.6 Å². The highest BCUT2D eigenvalue weighted by Crippen LogP contribution is 2.11. The number of rotatable bonds is 4. The summed E-state index contributed by atoms with van der Waals surface area (Å²) in [5.41, 5.74) is 2.02. The van der Waals surface area contributed by atoms with Crippen molar-refractivity contribution in [3.8, 4) is 0 Å². The van der Waals surface area contributed by atoms with E-state index < -0.39 is 0 Å². The number of carbonyl (C=O) groups excluding carboxylic acids is 1. The van der Waals surface area contributed by atoms with Crippen LogP contribution in [0.25, 0.3) is 0 Å². The van der Waals surface area contributed by atoms with Crippen LogP contribution < -0.4 is 10.6 Å². The highest BCUT2D eigenvalue weighted by Gasteiger charge is 2.21. The van der Waals surface area contributed by atoms with Crippen LogP contribution in [0.1, 0.15) is 17.5 Å². The van der Waals surface area contributed by atoms with Gasteiger partial charge in [-0.25, -0.2) is 4.39 Å². The molecule has 0 spiro atoms. The van der Waals surface area contributed by atoms with Gasteiger partial charge in [0.2, 0.25) is 5.91 Å². The quantitative estimate of drug-likeness (QED) is 0.848. The van der Waals surface area contributed by atoms with E-state index >= 15 is 0 Å². The third-order valence-corrected chi connectivity index (χ3v) is 3.43. The largest absolute Gasteiger partial charge is 0.355 e. The minimum Gasteiger partial charge on any atom is -0.355 e. The maximum absolute atomic E-state index is 12.9. The van der Waals surface area contributed by atoms with Crippen molar-refractivity contribution in [1.82, 2.24) is 10.6 Å². The van der Waals surface area contributed by atoms with Gasteiger partial charge >= 0.3 is 0 Å². The number of halogens is 1. The molecule has 1 saturated heterocycles. The molecular formula is C14H19FN2O. The van der Waals surface area contributed by atoms with E-state index in [-0.39, 0.29) is 17.6 Å². The molecule has 1 aliphatic heterocycles. The van der Waals surface area contributed by atoms with Crippen molar-refractivity contribution in [3.63, 3.8) is 0 Å². The van der Waals surface area contributed by atoms with Crippen molar-refractivity contribution in [3.05, 3.63) is 35.1 Å². The summed E-state index contributed by atoms with van der Waals surface area (Å²) in [4.78, 5) is 11.8. The molecule has 1 fully saturated rings. The van der Waals surface area contributed by atoms with Gasteiger partial charge in [-0.15, -0.1) is 0 Å². The van der Waals surface area contributed by atoms with Crippen molar-refractivity contribution in [2.45, 2.75) is 19.8 Å². The first-order chi connectivity index (χ1) is 8.66. The zero-order valence-electron chi connectivity index (χ0n) is 10.6. The summed E-state index contributed by atoms with van der Waals surface area (Å²) in [6, 6.07) is 4.77. The van der Waals surface area contributed by atoms with Crippen molar-refractivity contribution < 1.29 is 9.18 Å². The van der Waals surface area contributed by atoms with Crippen LogP contribution in [0.2, 0.25) is 0 Å². The molecular weight excluding hydrogens is 231 g/mol. The summed E-state index contributed by atoms with van der Waals surface area (Å²) >= 11 is 0. The molecule has 0 bridgehead atoms. The zero-order valence-corrected chi connectivity index (χ0v) is 10.6. The molecule has 1 aliphatic rings. The topological polar surface area (TPSA) is 41.1 Å². The molecule has 1 heterocycles. The molecule has 0 radical (unpaired) electrons. The van der Waals surface area contributed by atoms with Gasteiger partial charge in [-0.2, -0.15) is 0 Å². The van der Waals surface area contributed by atoms with Crippen LogP contribution in [0.5, 0.6) is 0 Å². The van der Waals surface area contributed by atoms with Crippen LogP contribution in [0, 0.1) is 18.7 Å². The Morgan fingerprint density at radius 1 is 1.56 bits per heavy atom. The lowest BCUT2D eigenvalue weighted by molar-refractivity contribution is -0.124. The normalized spacial score (nSPS) is 18.9. The SMILES string of the molecule is Cc1cc(F)ccc1CCNC(=O)C1CCNC1. The minimum absolute atomic E-state index is 0.110. The Kier molecular flexibility index (Phi) is 4.31. The molecule has 4 heteroatoms. The Balaban J connectivity index is 1.79. The van der Waals surface area contributed by atoms with Gasteiger partial charge in [0.25, 0.3) is 0 Å². The summed E-state index contributed by atoms with van der Waals surface area (Å²) in [7, 11) is 0. The van der Waals surface area contributed by atoms with Gasteiger partial charge in [-0.3, -0.25) is 4.79 Å². The minimum atomic E-state index is -0.211. The van der Waals surface area contributed by atoms with E-state index in [1.165, 1.54) is 12.1 Å². The fourth-order valence-corrected chi connectivity index (χ4v) is 2.28. The molecule has 3 nitrogen and oxygen atoms in total. The van der Waals surface area contributed by atoms with Crippen LogP contribution in [-0.4, -0.2) is 25.5 Å². The smallest absolute Gasteiger partial charge is 0.224 e. The molecule has 0 aromatic heterocycles. The second-order valence-electron chi connectivity index (χ2n) is 4.80. The number of aryl methyl sites for hydroxylation is 1. The molecule has 1 aromatic carbocycles. The van der Waals surface area contributed by atoms with E-state index in [9.17, 15) is 9.18 Å². The van der Waals surface area contributed by atoms with Gasteiger partial charge in [0.15, 0.2) is 0 Å². The van der Waals surface area contributed by atoms with E-state index in [0.29, 0.717) is 6.54 Å². The first kappa shape index (κ1) is 13.0. The Morgan fingerprint density at radius 2 is 2.39 bits per heavy atom. The molecule has 0 saturated carbocycles. The van der Waals surface area contributed by atoms with Crippen molar-refractivity contribution in [1.29, 1.82) is 0 Å². The second kappa shape index (κ2) is 5.96. The third kappa shape index (κ3) is 3.29. The lowest BCUT2D eigenvalue weighted by Gasteiger charge is -2.11. The van der Waals surface area contributed by atoms with E-state index in [2.05, 4.69) is 10.6 Å². The second-order valence-corrected chi connectivity index (χ2v) is 4.80. The average Bonchev–Trinajstić information content (AvgIpc) is 2.85. The third-order valence-electron chi connectivity index (χ3n) is 3.43. The van der Waals surface area contributed by atoms with Crippen LogP contribution in [-0.2, 0) is 11.2 Å². The molecule has 98 valence electrons. The van der Waals surface area contributed by atoms with Gasteiger partial charge in [0, 0.05) is 13.1 Å². The number of nitrogens with one attached hydrogen (secondary N) is 2. The fraction of sp³-hybridized carbons (Fsp3) is 0.500. The van der Waals surface area contributed by atoms with E-state index in [0.717, 1.165) is 37.1 Å². The summed E-state index contributed by atoms with van der Waals surface area (Å²) < 4.78 is 12.9. The monoisotopic (exact) mass is 250 g/mol. The number of benzene rings is 1. The molecule has 1 unspecified atom stereocenters. The Hall–Kier alpha value is -1.42. The van der Waals surface area contributed by atoms with Gasteiger partial charge in [0.1, 0.15) is 5.82 Å². The summed E-state index contributed by atoms with van der Waals surface area (Å²) in [5.74, 6) is 0.0244. The predicted octanol–water partition coefficient (Wildman–Crippen LogP) is 1.40. The highest BCUT2D eigenvalue weighted by atomic mass is 19.1. The van der Waals surface area contributed by atoms with Crippen molar-refractivity contribution in [2.75, 3.05) is 19.6 Å². The van der Waals surface area contributed by atoms with Crippen molar-refractivity contribution >= 4 is 5.91 Å². The molecule has 1 aromatic rings. The Morgan fingerprint density at radius 3 is 3.06 bits per heavy atom. The standard InChI is InChI=1S/C14H19FN2O/c1-10-8-13(15)3-2-11(10)5-7-17-14(18)12-4-6-16-9-12/h2-3,8,12,16H,4-7,9H2,1H3,(H,17,18). The molecule has 0 aliphatic carbocycles. The maximum atomic E-state index is 12.9. The molecule has 18 heavy (non-hydrogen) atoms. The van der Waals surface area contributed by atoms with E-state index in [4.69, 9.17) is 0 Å². The first-order valence-electron chi connectivity index (χ1n) is 6.40. The fourth-order valence-electron chi connectivity index (χ4n) is 2.28. The maximum Gasteiger partial charge on any atom is 0.224 e. The number of carbonyl (C=O) groups is 1. The van der Waals surface area contributed by atoms with Crippen LogP contribution in [0.4, 0.5) is 4.39 Å². The lowest BCUT2D eigenvalue weighted by atomic mass is 10.1. The van der Waals surface area contributed by atoms with Gasteiger partial charge in [-0.1, -0.05) is 6.07 Å². The van der Waals surface area contributed by atoms with E-state index in [1.54, 1.807) is 6.07 Å².